The molecule has 2 heteroatoms. The Hall–Kier alpha value is -2.22. The molecule has 1 fully saturated rings. The second-order valence-corrected chi connectivity index (χ2v) is 7.32. The quantitative estimate of drug-likeness (QED) is 0.728. The molecular formula is C22H27NO. The van der Waals surface area contributed by atoms with Gasteiger partial charge in [-0.3, -0.25) is 0 Å². The number of para-hydroxylation sites is 1. The standard InChI is InChI=1S/C22H27NO/c1-17-12-13-23(16-22(17,2)3)21-11-6-5-9-19(21)14-18-8-7-10-20(15-18)24-4/h5-11,15H,1,12-14,16H2,2-4H3. The number of nitrogens with zero attached hydrogens (tertiary/aromatic N) is 1. The topological polar surface area (TPSA) is 12.5 Å². The van der Waals surface area contributed by atoms with Crippen molar-refractivity contribution < 1.29 is 4.74 Å². The van der Waals surface area contributed by atoms with Gasteiger partial charge in [-0.25, -0.2) is 0 Å². The summed E-state index contributed by atoms with van der Waals surface area (Å²) in [5.41, 5.74) is 5.53. The van der Waals surface area contributed by atoms with Crippen molar-refractivity contribution in [1.29, 1.82) is 0 Å². The van der Waals surface area contributed by atoms with E-state index in [2.05, 4.69) is 67.8 Å². The lowest BCUT2D eigenvalue weighted by molar-refractivity contribution is 0.393. The number of hydrogen-bond donors (Lipinski definition) is 0. The molecule has 126 valence electrons. The second-order valence-electron chi connectivity index (χ2n) is 7.32. The number of benzene rings is 2. The predicted octanol–water partition coefficient (Wildman–Crippen LogP) is 5.08. The fourth-order valence-electron chi connectivity index (χ4n) is 3.45. The molecular weight excluding hydrogens is 294 g/mol. The van der Waals surface area contributed by atoms with E-state index in [-0.39, 0.29) is 5.41 Å². The smallest absolute Gasteiger partial charge is 0.119 e. The molecule has 0 bridgehead atoms. The van der Waals surface area contributed by atoms with Crippen LogP contribution in [0.2, 0.25) is 0 Å². The van der Waals surface area contributed by atoms with Crippen LogP contribution in [0.15, 0.2) is 60.7 Å². The first-order valence-electron chi connectivity index (χ1n) is 8.63. The van der Waals surface area contributed by atoms with Crippen LogP contribution >= 0.6 is 0 Å². The van der Waals surface area contributed by atoms with E-state index in [0.29, 0.717) is 0 Å². The maximum absolute atomic E-state index is 5.36. The Labute approximate surface area is 145 Å². The predicted molar refractivity (Wildman–Crippen MR) is 102 cm³/mol. The summed E-state index contributed by atoms with van der Waals surface area (Å²) in [4.78, 5) is 2.52. The van der Waals surface area contributed by atoms with Crippen molar-refractivity contribution >= 4 is 5.69 Å². The van der Waals surface area contributed by atoms with Crippen LogP contribution in [0, 0.1) is 5.41 Å². The Morgan fingerprint density at radius 3 is 2.67 bits per heavy atom. The molecule has 0 saturated carbocycles. The van der Waals surface area contributed by atoms with Crippen molar-refractivity contribution in [2.45, 2.75) is 26.7 Å². The highest BCUT2D eigenvalue weighted by Crippen LogP contribution is 2.36. The molecule has 0 aromatic heterocycles. The number of hydrogen-bond acceptors (Lipinski definition) is 2. The molecule has 1 aliphatic heterocycles. The molecule has 0 spiro atoms. The van der Waals surface area contributed by atoms with Gasteiger partial charge in [0, 0.05) is 24.2 Å². The number of ether oxygens (including phenoxy) is 1. The van der Waals surface area contributed by atoms with Crippen LogP contribution in [0.25, 0.3) is 0 Å². The number of piperidine rings is 1. The monoisotopic (exact) mass is 321 g/mol. The van der Waals surface area contributed by atoms with E-state index < -0.39 is 0 Å². The van der Waals surface area contributed by atoms with E-state index in [9.17, 15) is 0 Å². The Bertz CT molecular complexity index is 732. The van der Waals surface area contributed by atoms with E-state index in [1.165, 1.54) is 22.4 Å². The fraction of sp³-hybridized carbons (Fsp3) is 0.364. The molecule has 2 aromatic carbocycles. The van der Waals surface area contributed by atoms with Crippen LogP contribution in [0.5, 0.6) is 5.75 Å². The molecule has 1 heterocycles. The van der Waals surface area contributed by atoms with Crippen LogP contribution in [0.3, 0.4) is 0 Å². The SMILES string of the molecule is C=C1CCN(c2ccccc2Cc2cccc(OC)c2)CC1(C)C. The van der Waals surface area contributed by atoms with E-state index in [0.717, 1.165) is 31.7 Å². The molecule has 0 atom stereocenters. The molecule has 0 unspecified atom stereocenters. The van der Waals surface area contributed by atoms with E-state index >= 15 is 0 Å². The van der Waals surface area contributed by atoms with Gasteiger partial charge in [-0.1, -0.05) is 56.3 Å². The molecule has 2 aromatic rings. The molecule has 0 radical (unpaired) electrons. The Morgan fingerprint density at radius 1 is 1.12 bits per heavy atom. The van der Waals surface area contributed by atoms with Gasteiger partial charge < -0.3 is 9.64 Å². The first kappa shape index (κ1) is 16.6. The fourth-order valence-corrected chi connectivity index (χ4v) is 3.45. The maximum Gasteiger partial charge on any atom is 0.119 e. The molecule has 3 rings (SSSR count). The minimum atomic E-state index is 0.168. The zero-order chi connectivity index (χ0) is 17.2. The molecule has 1 saturated heterocycles. The Balaban J connectivity index is 1.87. The molecule has 2 nitrogen and oxygen atoms in total. The zero-order valence-corrected chi connectivity index (χ0v) is 15.0. The minimum Gasteiger partial charge on any atom is -0.497 e. The maximum atomic E-state index is 5.36. The largest absolute Gasteiger partial charge is 0.497 e. The number of anilines is 1. The van der Waals surface area contributed by atoms with Crippen LogP contribution in [0.1, 0.15) is 31.4 Å². The van der Waals surface area contributed by atoms with Gasteiger partial charge in [0.1, 0.15) is 5.75 Å². The normalized spacial score (nSPS) is 17.0. The van der Waals surface area contributed by atoms with Crippen molar-refractivity contribution in [3.8, 4) is 5.75 Å². The molecule has 24 heavy (non-hydrogen) atoms. The molecule has 0 N–H and O–H groups in total. The first-order chi connectivity index (χ1) is 11.5. The first-order valence-corrected chi connectivity index (χ1v) is 8.63. The Kier molecular flexibility index (Phi) is 4.66. The van der Waals surface area contributed by atoms with E-state index in [4.69, 9.17) is 4.74 Å². The van der Waals surface area contributed by atoms with Crippen molar-refractivity contribution in [2.24, 2.45) is 5.41 Å². The summed E-state index contributed by atoms with van der Waals surface area (Å²) < 4.78 is 5.36. The average Bonchev–Trinajstić information content (AvgIpc) is 2.58. The highest BCUT2D eigenvalue weighted by Gasteiger charge is 2.30. The van der Waals surface area contributed by atoms with Gasteiger partial charge in [0.05, 0.1) is 7.11 Å². The van der Waals surface area contributed by atoms with Crippen LogP contribution in [-0.4, -0.2) is 20.2 Å². The average molecular weight is 321 g/mol. The third-order valence-corrected chi connectivity index (χ3v) is 5.09. The summed E-state index contributed by atoms with van der Waals surface area (Å²) in [6, 6.07) is 17.1. The lowest BCUT2D eigenvalue weighted by Gasteiger charge is -2.42. The zero-order valence-electron chi connectivity index (χ0n) is 15.0. The van der Waals surface area contributed by atoms with Crippen LogP contribution < -0.4 is 9.64 Å². The molecule has 0 amide bonds. The summed E-state index contributed by atoms with van der Waals surface area (Å²) >= 11 is 0. The van der Waals surface area contributed by atoms with Crippen molar-refractivity contribution in [1.82, 2.24) is 0 Å². The summed E-state index contributed by atoms with van der Waals surface area (Å²) in [5.74, 6) is 0.917. The lowest BCUT2D eigenvalue weighted by atomic mass is 9.79. The van der Waals surface area contributed by atoms with Gasteiger partial charge in [-0.05, 0) is 42.2 Å². The van der Waals surface area contributed by atoms with E-state index in [1.807, 2.05) is 6.07 Å². The lowest BCUT2D eigenvalue weighted by Crippen LogP contribution is -2.41. The molecule has 0 aliphatic carbocycles. The van der Waals surface area contributed by atoms with Crippen LogP contribution in [-0.2, 0) is 6.42 Å². The van der Waals surface area contributed by atoms with Gasteiger partial charge in [-0.15, -0.1) is 0 Å². The van der Waals surface area contributed by atoms with Crippen molar-refractivity contribution in [2.75, 3.05) is 25.1 Å². The summed E-state index contributed by atoms with van der Waals surface area (Å²) in [5, 5.41) is 0. The van der Waals surface area contributed by atoms with Gasteiger partial charge >= 0.3 is 0 Å². The van der Waals surface area contributed by atoms with Gasteiger partial charge in [0.2, 0.25) is 0 Å². The molecule has 1 aliphatic rings. The van der Waals surface area contributed by atoms with Gasteiger partial charge in [0.15, 0.2) is 0 Å². The number of methoxy groups -OCH3 is 1. The minimum absolute atomic E-state index is 0.168. The highest BCUT2D eigenvalue weighted by atomic mass is 16.5. The Morgan fingerprint density at radius 2 is 1.92 bits per heavy atom. The van der Waals surface area contributed by atoms with Crippen molar-refractivity contribution in [3.05, 3.63) is 71.8 Å². The third kappa shape index (κ3) is 3.48. The van der Waals surface area contributed by atoms with Crippen molar-refractivity contribution in [3.63, 3.8) is 0 Å². The van der Waals surface area contributed by atoms with E-state index in [1.54, 1.807) is 7.11 Å². The highest BCUT2D eigenvalue weighted by molar-refractivity contribution is 5.56. The summed E-state index contributed by atoms with van der Waals surface area (Å²) in [6.45, 7) is 10.9. The van der Waals surface area contributed by atoms with Gasteiger partial charge in [0.25, 0.3) is 0 Å². The third-order valence-electron chi connectivity index (χ3n) is 5.09. The number of rotatable bonds is 4. The second kappa shape index (κ2) is 6.72. The summed E-state index contributed by atoms with van der Waals surface area (Å²) in [7, 11) is 1.72. The summed E-state index contributed by atoms with van der Waals surface area (Å²) in [6.07, 6.45) is 1.99. The van der Waals surface area contributed by atoms with Gasteiger partial charge in [-0.2, -0.15) is 0 Å². The van der Waals surface area contributed by atoms with Crippen LogP contribution in [0.4, 0.5) is 5.69 Å².